The molecular weight excluding hydrogens is 244 g/mol. The maximum atomic E-state index is 5.22. The van der Waals surface area contributed by atoms with E-state index in [1.807, 2.05) is 42.6 Å². The van der Waals surface area contributed by atoms with Gasteiger partial charge < -0.3 is 4.74 Å². The molecule has 0 atom stereocenters. The van der Waals surface area contributed by atoms with Crippen molar-refractivity contribution in [1.82, 2.24) is 9.97 Å². The zero-order valence-corrected chi connectivity index (χ0v) is 10.8. The Labute approximate surface area is 109 Å². The summed E-state index contributed by atoms with van der Waals surface area (Å²) in [4.78, 5) is 8.93. The number of hydrogen-bond acceptors (Lipinski definition) is 4. The van der Waals surface area contributed by atoms with Crippen LogP contribution in [0.15, 0.2) is 42.6 Å². The predicted octanol–water partition coefficient (Wildman–Crippen LogP) is 3.29. The number of thiazole rings is 1. The summed E-state index contributed by atoms with van der Waals surface area (Å²) in [6.45, 7) is 0. The Hall–Kier alpha value is -1.94. The summed E-state index contributed by atoms with van der Waals surface area (Å²) in [7, 11) is 1.68. The molecule has 0 aliphatic heterocycles. The Morgan fingerprint density at radius 1 is 1.22 bits per heavy atom. The van der Waals surface area contributed by atoms with Crippen LogP contribution in [-0.4, -0.2) is 17.1 Å². The topological polar surface area (TPSA) is 35.0 Å². The van der Waals surface area contributed by atoms with Crippen molar-refractivity contribution in [3.63, 3.8) is 0 Å². The highest BCUT2D eigenvalue weighted by molar-refractivity contribution is 7.18. The zero-order chi connectivity index (χ0) is 12.4. The lowest BCUT2D eigenvalue weighted by Crippen LogP contribution is -1.89. The van der Waals surface area contributed by atoms with Gasteiger partial charge in [0.25, 0.3) is 0 Å². The van der Waals surface area contributed by atoms with Gasteiger partial charge in [-0.1, -0.05) is 6.07 Å². The number of nitrogens with zero attached hydrogens (tertiary/aromatic N) is 2. The van der Waals surface area contributed by atoms with Gasteiger partial charge >= 0.3 is 0 Å². The van der Waals surface area contributed by atoms with Crippen LogP contribution < -0.4 is 4.74 Å². The average Bonchev–Trinajstić information content (AvgIpc) is 2.80. The van der Waals surface area contributed by atoms with Crippen LogP contribution in [0.5, 0.6) is 5.75 Å². The van der Waals surface area contributed by atoms with E-state index in [0.29, 0.717) is 0 Å². The molecule has 0 spiro atoms. The number of hydrogen-bond donors (Lipinski definition) is 0. The third-order valence-corrected chi connectivity index (χ3v) is 3.72. The van der Waals surface area contributed by atoms with E-state index >= 15 is 0 Å². The summed E-state index contributed by atoms with van der Waals surface area (Å²) in [6.07, 6.45) is 2.59. The first-order chi connectivity index (χ1) is 8.85. The van der Waals surface area contributed by atoms with E-state index in [4.69, 9.17) is 4.74 Å². The van der Waals surface area contributed by atoms with Crippen LogP contribution in [0.3, 0.4) is 0 Å². The minimum absolute atomic E-state index is 0.780. The van der Waals surface area contributed by atoms with E-state index < -0.39 is 0 Å². The monoisotopic (exact) mass is 256 g/mol. The summed E-state index contributed by atoms with van der Waals surface area (Å²) in [6, 6.07) is 11.9. The summed E-state index contributed by atoms with van der Waals surface area (Å²) in [5.74, 6) is 0.871. The van der Waals surface area contributed by atoms with E-state index in [9.17, 15) is 0 Å². The smallest absolute Gasteiger partial charge is 0.120 e. The zero-order valence-electron chi connectivity index (χ0n) is 9.96. The number of fused-ring (bicyclic) bond motifs is 1. The Kier molecular flexibility index (Phi) is 2.94. The van der Waals surface area contributed by atoms with Gasteiger partial charge in [-0.3, -0.25) is 4.98 Å². The van der Waals surface area contributed by atoms with Crippen LogP contribution >= 0.6 is 11.3 Å². The highest BCUT2D eigenvalue weighted by atomic mass is 32.1. The summed E-state index contributed by atoms with van der Waals surface area (Å²) in [5, 5.41) is 1.08. The number of ether oxygens (including phenoxy) is 1. The van der Waals surface area contributed by atoms with Crippen LogP contribution in [0.25, 0.3) is 10.2 Å². The highest BCUT2D eigenvalue weighted by Crippen LogP contribution is 2.27. The van der Waals surface area contributed by atoms with Crippen LogP contribution in [0.1, 0.15) is 10.7 Å². The molecule has 3 nitrogen and oxygen atoms in total. The number of pyridine rings is 1. The van der Waals surface area contributed by atoms with Gasteiger partial charge in [-0.15, -0.1) is 11.3 Å². The van der Waals surface area contributed by atoms with Gasteiger partial charge in [0.1, 0.15) is 5.75 Å². The molecule has 18 heavy (non-hydrogen) atoms. The van der Waals surface area contributed by atoms with Crippen molar-refractivity contribution < 1.29 is 4.74 Å². The summed E-state index contributed by atoms with van der Waals surface area (Å²) >= 11 is 1.69. The third-order valence-electron chi connectivity index (χ3n) is 2.70. The summed E-state index contributed by atoms with van der Waals surface area (Å²) in [5.41, 5.74) is 2.07. The first kappa shape index (κ1) is 11.2. The maximum absolute atomic E-state index is 5.22. The van der Waals surface area contributed by atoms with Gasteiger partial charge in [0.05, 0.1) is 22.3 Å². The number of methoxy groups -OCH3 is 1. The van der Waals surface area contributed by atoms with E-state index in [-0.39, 0.29) is 0 Å². The molecule has 0 fully saturated rings. The van der Waals surface area contributed by atoms with Crippen LogP contribution in [-0.2, 0) is 6.42 Å². The number of benzene rings is 1. The van der Waals surface area contributed by atoms with E-state index in [1.165, 1.54) is 0 Å². The standard InChI is InChI=1S/C14H12N2OS/c1-17-11-5-6-12-13(9-11)18-14(16-12)8-10-4-2-3-7-15-10/h2-7,9H,8H2,1H3. The Morgan fingerprint density at radius 3 is 2.94 bits per heavy atom. The van der Waals surface area contributed by atoms with Crippen molar-refractivity contribution in [2.75, 3.05) is 7.11 Å². The molecule has 3 aromatic rings. The molecule has 0 saturated heterocycles. The maximum Gasteiger partial charge on any atom is 0.120 e. The molecule has 0 aliphatic carbocycles. The second-order valence-corrected chi connectivity index (χ2v) is 5.05. The average molecular weight is 256 g/mol. The van der Waals surface area contributed by atoms with Gasteiger partial charge in [-0.2, -0.15) is 0 Å². The molecule has 0 aliphatic rings. The second-order valence-electron chi connectivity index (χ2n) is 3.94. The fourth-order valence-corrected chi connectivity index (χ4v) is 2.82. The Bertz CT molecular complexity index is 664. The van der Waals surface area contributed by atoms with Gasteiger partial charge in [-0.05, 0) is 30.3 Å². The second kappa shape index (κ2) is 4.74. The summed E-state index contributed by atoms with van der Waals surface area (Å²) < 4.78 is 6.37. The molecule has 3 rings (SSSR count). The SMILES string of the molecule is COc1ccc2nc(Cc3ccccn3)sc2c1. The van der Waals surface area contributed by atoms with Gasteiger partial charge in [0.15, 0.2) is 0 Å². The van der Waals surface area contributed by atoms with Crippen LogP contribution in [0.2, 0.25) is 0 Å². The molecule has 0 amide bonds. The van der Waals surface area contributed by atoms with Crippen molar-refractivity contribution in [2.24, 2.45) is 0 Å². The lowest BCUT2D eigenvalue weighted by Gasteiger charge is -1.96. The molecule has 0 saturated carbocycles. The largest absolute Gasteiger partial charge is 0.497 e. The van der Waals surface area contributed by atoms with Crippen molar-refractivity contribution >= 4 is 21.6 Å². The molecule has 4 heteroatoms. The van der Waals surface area contributed by atoms with Gasteiger partial charge in [0, 0.05) is 18.3 Å². The first-order valence-corrected chi connectivity index (χ1v) is 6.50. The predicted molar refractivity (Wildman–Crippen MR) is 73.2 cm³/mol. The Balaban J connectivity index is 1.94. The fraction of sp³-hybridized carbons (Fsp3) is 0.143. The molecule has 0 bridgehead atoms. The fourth-order valence-electron chi connectivity index (χ4n) is 1.81. The number of aromatic nitrogens is 2. The van der Waals surface area contributed by atoms with Crippen LogP contribution in [0, 0.1) is 0 Å². The van der Waals surface area contributed by atoms with Crippen molar-refractivity contribution in [3.8, 4) is 5.75 Å². The van der Waals surface area contributed by atoms with Crippen LogP contribution in [0.4, 0.5) is 0 Å². The van der Waals surface area contributed by atoms with Gasteiger partial charge in [0.2, 0.25) is 0 Å². The molecule has 1 aromatic carbocycles. The van der Waals surface area contributed by atoms with Crippen molar-refractivity contribution in [2.45, 2.75) is 6.42 Å². The molecule has 2 aromatic heterocycles. The first-order valence-electron chi connectivity index (χ1n) is 5.68. The molecule has 2 heterocycles. The van der Waals surface area contributed by atoms with Gasteiger partial charge in [-0.25, -0.2) is 4.98 Å². The number of rotatable bonds is 3. The molecule has 90 valence electrons. The molecule has 0 unspecified atom stereocenters. The quantitative estimate of drug-likeness (QED) is 0.721. The van der Waals surface area contributed by atoms with Crippen molar-refractivity contribution in [1.29, 1.82) is 0 Å². The third kappa shape index (κ3) is 2.19. The van der Waals surface area contributed by atoms with E-state index in [2.05, 4.69) is 9.97 Å². The van der Waals surface area contributed by atoms with E-state index in [0.717, 1.165) is 33.1 Å². The molecule has 0 radical (unpaired) electrons. The minimum Gasteiger partial charge on any atom is -0.497 e. The lowest BCUT2D eigenvalue weighted by molar-refractivity contribution is 0.415. The normalized spacial score (nSPS) is 10.7. The van der Waals surface area contributed by atoms with Crippen molar-refractivity contribution in [3.05, 3.63) is 53.3 Å². The molecule has 0 N–H and O–H groups in total. The lowest BCUT2D eigenvalue weighted by atomic mass is 10.3. The Morgan fingerprint density at radius 2 is 2.17 bits per heavy atom. The minimum atomic E-state index is 0.780. The molecular formula is C14H12N2OS. The highest BCUT2D eigenvalue weighted by Gasteiger charge is 2.06. The van der Waals surface area contributed by atoms with E-state index in [1.54, 1.807) is 18.4 Å².